The summed E-state index contributed by atoms with van der Waals surface area (Å²) in [5, 5.41) is 10.9. The van der Waals surface area contributed by atoms with Gasteiger partial charge in [0, 0.05) is 12.6 Å². The molecule has 1 saturated heterocycles. The number of nitro benzene ring substituents is 1. The number of benzene rings is 1. The smallest absolute Gasteiger partial charge is 0.327 e. The molecule has 1 aliphatic rings. The van der Waals surface area contributed by atoms with E-state index in [0.717, 1.165) is 6.07 Å². The second kappa shape index (κ2) is 4.76. The molecule has 6 nitrogen and oxygen atoms in total. The van der Waals surface area contributed by atoms with Gasteiger partial charge in [-0.3, -0.25) is 10.1 Å². The quantitative estimate of drug-likeness (QED) is 0.606. The van der Waals surface area contributed by atoms with Gasteiger partial charge in [-0.2, -0.15) is 4.39 Å². The second-order valence-electron chi connectivity index (χ2n) is 4.52. The summed E-state index contributed by atoms with van der Waals surface area (Å²) in [6, 6.07) is 3.43. The summed E-state index contributed by atoms with van der Waals surface area (Å²) in [6.45, 7) is 1.79. The standard InChI is InChI=1S/C11H13FN2O4S/c1-8-7-19(17,18)6-5-13(8)10-4-2-3-9(12)11(10)14(15)16/h2-4,8H,5-7H2,1H3. The highest BCUT2D eigenvalue weighted by Crippen LogP contribution is 2.33. The molecule has 8 heteroatoms. The van der Waals surface area contributed by atoms with Gasteiger partial charge < -0.3 is 4.90 Å². The number of anilines is 1. The van der Waals surface area contributed by atoms with E-state index < -0.39 is 32.3 Å². The van der Waals surface area contributed by atoms with Gasteiger partial charge in [0.1, 0.15) is 5.69 Å². The molecule has 0 bridgehead atoms. The zero-order valence-corrected chi connectivity index (χ0v) is 11.1. The van der Waals surface area contributed by atoms with Gasteiger partial charge in [0.05, 0.1) is 16.4 Å². The molecule has 104 valence electrons. The third kappa shape index (κ3) is 2.67. The Morgan fingerprint density at radius 2 is 2.16 bits per heavy atom. The number of halogens is 1. The van der Waals surface area contributed by atoms with Crippen LogP contribution in [0.1, 0.15) is 6.92 Å². The van der Waals surface area contributed by atoms with Crippen LogP contribution in [0, 0.1) is 15.9 Å². The van der Waals surface area contributed by atoms with Crippen LogP contribution in [0.4, 0.5) is 15.8 Å². The van der Waals surface area contributed by atoms with Crippen molar-refractivity contribution in [2.45, 2.75) is 13.0 Å². The monoisotopic (exact) mass is 288 g/mol. The Morgan fingerprint density at radius 3 is 2.74 bits per heavy atom. The van der Waals surface area contributed by atoms with Gasteiger partial charge in [-0.1, -0.05) is 6.07 Å². The van der Waals surface area contributed by atoms with E-state index in [0.29, 0.717) is 0 Å². The highest BCUT2D eigenvalue weighted by Gasteiger charge is 2.33. The molecule has 0 spiro atoms. The number of hydrogen-bond acceptors (Lipinski definition) is 5. The maximum atomic E-state index is 13.5. The molecule has 1 aliphatic heterocycles. The van der Waals surface area contributed by atoms with Gasteiger partial charge >= 0.3 is 5.69 Å². The number of hydrogen-bond donors (Lipinski definition) is 0. The molecule has 0 aliphatic carbocycles. The van der Waals surface area contributed by atoms with E-state index in [4.69, 9.17) is 0 Å². The molecular formula is C11H13FN2O4S. The SMILES string of the molecule is CC1CS(=O)(=O)CCN1c1cccc(F)c1[N+](=O)[O-]. The van der Waals surface area contributed by atoms with Crippen LogP contribution in [0.3, 0.4) is 0 Å². The minimum Gasteiger partial charge on any atom is -0.361 e. The van der Waals surface area contributed by atoms with Crippen LogP contribution in [-0.2, 0) is 9.84 Å². The summed E-state index contributed by atoms with van der Waals surface area (Å²) in [5.41, 5.74) is -0.471. The zero-order chi connectivity index (χ0) is 14.2. The minimum absolute atomic E-state index is 0.0784. The van der Waals surface area contributed by atoms with Crippen LogP contribution in [0.15, 0.2) is 18.2 Å². The first kappa shape index (κ1) is 13.7. The van der Waals surface area contributed by atoms with Crippen LogP contribution in [0.2, 0.25) is 0 Å². The van der Waals surface area contributed by atoms with Crippen molar-refractivity contribution < 1.29 is 17.7 Å². The van der Waals surface area contributed by atoms with Crippen molar-refractivity contribution in [3.05, 3.63) is 34.1 Å². The summed E-state index contributed by atoms with van der Waals surface area (Å²) in [6.07, 6.45) is 0. The average molecular weight is 288 g/mol. The molecule has 1 aromatic carbocycles. The first-order valence-corrected chi connectivity index (χ1v) is 7.54. The van der Waals surface area contributed by atoms with Gasteiger partial charge in [0.15, 0.2) is 9.84 Å². The van der Waals surface area contributed by atoms with E-state index in [2.05, 4.69) is 0 Å². The summed E-state index contributed by atoms with van der Waals surface area (Å²) >= 11 is 0. The third-order valence-electron chi connectivity index (χ3n) is 3.13. The van der Waals surface area contributed by atoms with Crippen molar-refractivity contribution in [3.63, 3.8) is 0 Å². The Labute approximate surface area is 109 Å². The zero-order valence-electron chi connectivity index (χ0n) is 10.2. The first-order chi connectivity index (χ1) is 8.82. The molecular weight excluding hydrogens is 275 g/mol. The van der Waals surface area contributed by atoms with Crippen molar-refractivity contribution in [2.75, 3.05) is 23.0 Å². The predicted molar refractivity (Wildman–Crippen MR) is 68.5 cm³/mol. The molecule has 2 rings (SSSR count). The molecule has 1 aromatic rings. The highest BCUT2D eigenvalue weighted by atomic mass is 32.2. The number of nitrogens with zero attached hydrogens (tertiary/aromatic N) is 2. The summed E-state index contributed by atoms with van der Waals surface area (Å²) in [7, 11) is -3.12. The number of nitro groups is 1. The van der Waals surface area contributed by atoms with E-state index in [9.17, 15) is 22.9 Å². The van der Waals surface area contributed by atoms with Gasteiger partial charge in [-0.25, -0.2) is 8.42 Å². The number of sulfone groups is 1. The largest absolute Gasteiger partial charge is 0.361 e. The second-order valence-corrected chi connectivity index (χ2v) is 6.75. The molecule has 19 heavy (non-hydrogen) atoms. The maximum Gasteiger partial charge on any atom is 0.327 e. The van der Waals surface area contributed by atoms with E-state index in [1.807, 2.05) is 0 Å². The van der Waals surface area contributed by atoms with Gasteiger partial charge in [0.25, 0.3) is 0 Å². The van der Waals surface area contributed by atoms with Crippen LogP contribution in [-0.4, -0.2) is 37.4 Å². The Hall–Kier alpha value is -1.70. The predicted octanol–water partition coefficient (Wildman–Crippen LogP) is 1.36. The van der Waals surface area contributed by atoms with E-state index in [1.54, 1.807) is 11.8 Å². The number of para-hydroxylation sites is 1. The lowest BCUT2D eigenvalue weighted by Crippen LogP contribution is -2.47. The Balaban J connectivity index is 2.43. The van der Waals surface area contributed by atoms with Crippen molar-refractivity contribution in [1.29, 1.82) is 0 Å². The van der Waals surface area contributed by atoms with E-state index in [-0.39, 0.29) is 23.7 Å². The van der Waals surface area contributed by atoms with E-state index in [1.165, 1.54) is 12.1 Å². The Morgan fingerprint density at radius 1 is 1.47 bits per heavy atom. The molecule has 1 fully saturated rings. The van der Waals surface area contributed by atoms with Crippen LogP contribution >= 0.6 is 0 Å². The fourth-order valence-corrected chi connectivity index (χ4v) is 3.83. The molecule has 0 amide bonds. The average Bonchev–Trinajstić information content (AvgIpc) is 2.26. The van der Waals surface area contributed by atoms with Gasteiger partial charge in [-0.05, 0) is 19.1 Å². The minimum atomic E-state index is -3.12. The summed E-state index contributed by atoms with van der Waals surface area (Å²) in [5.74, 6) is -1.07. The van der Waals surface area contributed by atoms with Crippen LogP contribution in [0.25, 0.3) is 0 Å². The molecule has 1 atom stereocenters. The Bertz CT molecular complexity index is 617. The molecule has 1 heterocycles. The van der Waals surface area contributed by atoms with E-state index >= 15 is 0 Å². The maximum absolute atomic E-state index is 13.5. The van der Waals surface area contributed by atoms with Crippen molar-refractivity contribution in [3.8, 4) is 0 Å². The molecule has 1 unspecified atom stereocenters. The number of rotatable bonds is 2. The summed E-state index contributed by atoms with van der Waals surface area (Å²) < 4.78 is 36.5. The fraction of sp³-hybridized carbons (Fsp3) is 0.455. The van der Waals surface area contributed by atoms with Crippen LogP contribution < -0.4 is 4.90 Å². The molecule has 0 N–H and O–H groups in total. The highest BCUT2D eigenvalue weighted by molar-refractivity contribution is 7.91. The fourth-order valence-electron chi connectivity index (χ4n) is 2.27. The molecule has 0 radical (unpaired) electrons. The lowest BCUT2D eigenvalue weighted by Gasteiger charge is -2.34. The van der Waals surface area contributed by atoms with Crippen LogP contribution in [0.5, 0.6) is 0 Å². The molecule has 0 saturated carbocycles. The first-order valence-electron chi connectivity index (χ1n) is 5.72. The Kier molecular flexibility index (Phi) is 3.44. The topological polar surface area (TPSA) is 80.5 Å². The van der Waals surface area contributed by atoms with Gasteiger partial charge in [-0.15, -0.1) is 0 Å². The molecule has 0 aromatic heterocycles. The van der Waals surface area contributed by atoms with Crippen molar-refractivity contribution in [2.24, 2.45) is 0 Å². The third-order valence-corrected chi connectivity index (χ3v) is 4.92. The normalized spacial score (nSPS) is 22.2. The lowest BCUT2D eigenvalue weighted by atomic mass is 10.2. The van der Waals surface area contributed by atoms with Crippen molar-refractivity contribution >= 4 is 21.2 Å². The lowest BCUT2D eigenvalue weighted by molar-refractivity contribution is -0.386. The summed E-state index contributed by atoms with van der Waals surface area (Å²) in [4.78, 5) is 11.7. The van der Waals surface area contributed by atoms with Gasteiger partial charge in [0.2, 0.25) is 5.82 Å². The van der Waals surface area contributed by atoms with Crippen molar-refractivity contribution in [1.82, 2.24) is 0 Å².